The quantitative estimate of drug-likeness (QED) is 0.0555. The Morgan fingerprint density at radius 3 is 1.02 bits per heavy atom. The minimum Gasteiger partial charge on any atom is -0.374 e. The molecule has 0 amide bonds. The van der Waals surface area contributed by atoms with Crippen LogP contribution in [0.15, 0.2) is 152 Å². The molecule has 0 spiro atoms. The van der Waals surface area contributed by atoms with Crippen molar-refractivity contribution in [3.63, 3.8) is 0 Å². The topological polar surface area (TPSA) is 111 Å². The zero-order chi connectivity index (χ0) is 56.0. The molecule has 0 radical (unpaired) electrons. The Morgan fingerprint density at radius 2 is 0.613 bits per heavy atom. The number of benzene rings is 5. The van der Waals surface area contributed by atoms with Crippen molar-refractivity contribution in [3.8, 4) is 0 Å². The highest BCUT2D eigenvalue weighted by Gasteiger charge is 2.51. The maximum atomic E-state index is 7.35. The molecule has 4 aliphatic rings. The lowest BCUT2D eigenvalue weighted by Gasteiger charge is -2.50. The van der Waals surface area contributed by atoms with Gasteiger partial charge in [0, 0.05) is 5.92 Å². The third kappa shape index (κ3) is 15.6. The van der Waals surface area contributed by atoms with Gasteiger partial charge < -0.3 is 56.8 Å². The monoisotopic (exact) mass is 1100 g/mol. The van der Waals surface area contributed by atoms with Crippen LogP contribution in [0.5, 0.6) is 0 Å². The second-order valence-electron chi connectivity index (χ2n) is 23.3. The zero-order valence-electron chi connectivity index (χ0n) is 48.7. The summed E-state index contributed by atoms with van der Waals surface area (Å²) in [4.78, 5) is 0. The fraction of sp³-hybridized carbons (Fsp3) is 0.559. The highest BCUT2D eigenvalue weighted by atomic mass is 16.8. The van der Waals surface area contributed by atoms with Crippen molar-refractivity contribution in [2.24, 2.45) is 47.3 Å². The van der Waals surface area contributed by atoms with Crippen LogP contribution >= 0.6 is 0 Å². The molecule has 4 fully saturated rings. The van der Waals surface area contributed by atoms with Crippen LogP contribution in [0.4, 0.5) is 0 Å². The lowest BCUT2D eigenvalue weighted by Crippen LogP contribution is -2.59. The first kappa shape index (κ1) is 60.2. The van der Waals surface area contributed by atoms with Crippen LogP contribution < -0.4 is 0 Å². The first-order chi connectivity index (χ1) is 38.9. The first-order valence-electron chi connectivity index (χ1n) is 29.7. The van der Waals surface area contributed by atoms with Crippen molar-refractivity contribution in [3.05, 3.63) is 179 Å². The van der Waals surface area contributed by atoms with E-state index < -0.39 is 49.6 Å². The van der Waals surface area contributed by atoms with Gasteiger partial charge in [-0.2, -0.15) is 0 Å². The molecular formula is C68H90O12. The normalized spacial score (nSPS) is 34.7. The van der Waals surface area contributed by atoms with Gasteiger partial charge in [-0.05, 0) is 75.7 Å². The summed E-state index contributed by atoms with van der Waals surface area (Å²) in [5.74, 6) is 0.578. The zero-order valence-corrected chi connectivity index (χ0v) is 48.7. The van der Waals surface area contributed by atoms with E-state index in [1.165, 1.54) is 0 Å². The molecule has 0 bridgehead atoms. The molecule has 5 aromatic rings. The molecule has 8 unspecified atom stereocenters. The summed E-state index contributed by atoms with van der Waals surface area (Å²) in [5.41, 5.74) is 5.43. The molecule has 9 rings (SSSR count). The fourth-order valence-corrected chi connectivity index (χ4v) is 11.9. The van der Waals surface area contributed by atoms with Gasteiger partial charge in [-0.25, -0.2) is 0 Å². The number of hydrogen-bond donors (Lipinski definition) is 0. The molecule has 0 N–H and O–H groups in total. The van der Waals surface area contributed by atoms with Gasteiger partial charge in [0.1, 0.15) is 24.4 Å². The van der Waals surface area contributed by atoms with E-state index in [2.05, 4.69) is 123 Å². The Balaban J connectivity index is 0.938. The molecule has 0 aliphatic carbocycles. The Labute approximate surface area is 477 Å². The highest BCUT2D eigenvalue weighted by molar-refractivity contribution is 5.17. The summed E-state index contributed by atoms with van der Waals surface area (Å²) < 4.78 is 82.6. The van der Waals surface area contributed by atoms with Gasteiger partial charge in [-0.3, -0.25) is 0 Å². The Bertz CT molecular complexity index is 2510. The maximum absolute atomic E-state index is 7.35. The van der Waals surface area contributed by atoms with E-state index in [0.29, 0.717) is 52.2 Å². The minimum absolute atomic E-state index is 0.000127. The van der Waals surface area contributed by atoms with Crippen molar-refractivity contribution in [2.75, 3.05) is 19.8 Å². The van der Waals surface area contributed by atoms with E-state index in [4.69, 9.17) is 56.8 Å². The van der Waals surface area contributed by atoms with Gasteiger partial charge in [-0.15, -0.1) is 0 Å². The van der Waals surface area contributed by atoms with Crippen LogP contribution in [0.25, 0.3) is 0 Å². The highest BCUT2D eigenvalue weighted by Crippen LogP contribution is 2.42. The molecule has 4 aliphatic heterocycles. The van der Waals surface area contributed by atoms with Crippen LogP contribution in [0.1, 0.15) is 96.6 Å². The van der Waals surface area contributed by atoms with Gasteiger partial charge in [0.15, 0.2) is 25.2 Å². The third-order valence-electron chi connectivity index (χ3n) is 18.0. The van der Waals surface area contributed by atoms with E-state index in [1.54, 1.807) is 0 Å². The standard InChI is InChI=1S/C68H90O12/c1-10-57-44(2)47(5)62(70-37-53-28-18-12-19-29-53)66(76-57)74-42-58-45(3)48(6)63(71-38-54-30-20-13-21-31-54)67(77-58)75-43-59-46(4)49(7)64(72-39-55-32-22-14-23-33-55)68(78-59)80-61-50(8)51(9)65(73-40-56-34-24-15-25-35-56)79-60(61)41-69-36-52-26-16-11-17-27-52/h11-35,44-51,57-68H,10,36-43H2,1-9H3/t44-,45-,46-,47-,48-,49-,50+,51?,57?,58?,59?,60?,61-,62?,63?,64?,65+,66-,67-,68-/m0/s1. The smallest absolute Gasteiger partial charge is 0.184 e. The van der Waals surface area contributed by atoms with E-state index in [9.17, 15) is 0 Å². The molecule has 0 saturated carbocycles. The lowest BCUT2D eigenvalue weighted by atomic mass is 9.82. The van der Waals surface area contributed by atoms with Gasteiger partial charge in [-0.1, -0.05) is 214 Å². The largest absolute Gasteiger partial charge is 0.374 e. The average molecular weight is 1100 g/mol. The second kappa shape index (κ2) is 29.7. The third-order valence-corrected chi connectivity index (χ3v) is 18.0. The summed E-state index contributed by atoms with van der Waals surface area (Å²) in [5, 5.41) is 0. The molecule has 4 heterocycles. The van der Waals surface area contributed by atoms with Crippen LogP contribution in [0.3, 0.4) is 0 Å². The second-order valence-corrected chi connectivity index (χ2v) is 23.3. The van der Waals surface area contributed by atoms with E-state index in [0.717, 1.165) is 34.2 Å². The Kier molecular flexibility index (Phi) is 22.4. The summed E-state index contributed by atoms with van der Waals surface area (Å²) >= 11 is 0. The minimum atomic E-state index is -0.776. The van der Waals surface area contributed by atoms with Crippen molar-refractivity contribution in [1.29, 1.82) is 0 Å². The van der Waals surface area contributed by atoms with Crippen molar-refractivity contribution in [2.45, 2.75) is 176 Å². The summed E-state index contributed by atoms with van der Waals surface area (Å²) in [6.45, 7) is 22.9. The number of hydrogen-bond acceptors (Lipinski definition) is 12. The number of rotatable bonds is 25. The van der Waals surface area contributed by atoms with E-state index in [1.807, 2.05) is 91.0 Å². The van der Waals surface area contributed by atoms with Gasteiger partial charge in [0.05, 0.1) is 77.3 Å². The Morgan fingerprint density at radius 1 is 0.287 bits per heavy atom. The van der Waals surface area contributed by atoms with E-state index in [-0.39, 0.29) is 72.4 Å². The van der Waals surface area contributed by atoms with Crippen molar-refractivity contribution in [1.82, 2.24) is 0 Å². The maximum Gasteiger partial charge on any atom is 0.184 e. The molecule has 80 heavy (non-hydrogen) atoms. The molecule has 0 aromatic heterocycles. The summed E-state index contributed by atoms with van der Waals surface area (Å²) in [6.07, 6.45) is -4.33. The summed E-state index contributed by atoms with van der Waals surface area (Å²) in [7, 11) is 0. The van der Waals surface area contributed by atoms with Gasteiger partial charge >= 0.3 is 0 Å². The van der Waals surface area contributed by atoms with Gasteiger partial charge in [0.25, 0.3) is 0 Å². The van der Waals surface area contributed by atoms with Crippen LogP contribution in [-0.2, 0) is 89.9 Å². The fourth-order valence-electron chi connectivity index (χ4n) is 11.9. The van der Waals surface area contributed by atoms with E-state index >= 15 is 0 Å². The molecular weight excluding hydrogens is 1010 g/mol. The molecule has 12 heteroatoms. The van der Waals surface area contributed by atoms with Crippen molar-refractivity contribution >= 4 is 0 Å². The lowest BCUT2D eigenvalue weighted by molar-refractivity contribution is -0.352. The van der Waals surface area contributed by atoms with Crippen LogP contribution in [-0.4, -0.2) is 93.8 Å². The molecule has 12 nitrogen and oxygen atoms in total. The van der Waals surface area contributed by atoms with Crippen LogP contribution in [0, 0.1) is 47.3 Å². The first-order valence-corrected chi connectivity index (χ1v) is 29.7. The SMILES string of the molecule is CCC1O[C@H](OCC2O[C@H](OCC3O[C@@H](O[C@@H]4C(COCc5ccccc5)O[C@@H](OCc5ccccc5)C(C)[C@H]4C)C(OCc4ccccc4)[C@@H](C)[C@@H]3C)C(OCc3ccccc3)[C@@H](C)[C@@H]2C)C(OCc2ccccc2)[C@@H](C)[C@@H]1C. The molecule has 5 aromatic carbocycles. The summed E-state index contributed by atoms with van der Waals surface area (Å²) in [6, 6.07) is 51.2. The van der Waals surface area contributed by atoms with Crippen molar-refractivity contribution < 1.29 is 56.8 Å². The molecule has 434 valence electrons. The predicted octanol–water partition coefficient (Wildman–Crippen LogP) is 13.0. The molecule has 20 atom stereocenters. The number of ether oxygens (including phenoxy) is 12. The van der Waals surface area contributed by atoms with Gasteiger partial charge in [0.2, 0.25) is 0 Å². The Hall–Kier alpha value is -4.38. The average Bonchev–Trinajstić information content (AvgIpc) is 3.67. The predicted molar refractivity (Wildman–Crippen MR) is 307 cm³/mol. The van der Waals surface area contributed by atoms with Crippen LogP contribution in [0.2, 0.25) is 0 Å². The molecule has 4 saturated heterocycles.